The molecule has 0 amide bonds. The van der Waals surface area contributed by atoms with Gasteiger partial charge in [-0.1, -0.05) is 0 Å². The Bertz CT molecular complexity index is 561. The highest BCUT2D eigenvalue weighted by Gasteiger charge is 2.58. The van der Waals surface area contributed by atoms with Crippen LogP contribution in [0.5, 0.6) is 0 Å². The van der Waals surface area contributed by atoms with Crippen LogP contribution in [0.4, 0.5) is 8.78 Å². The first-order valence-electron chi connectivity index (χ1n) is 9.32. The fourth-order valence-electron chi connectivity index (χ4n) is 5.08. The van der Waals surface area contributed by atoms with Gasteiger partial charge in [0.2, 0.25) is 0 Å². The predicted octanol–water partition coefficient (Wildman–Crippen LogP) is 3.49. The van der Waals surface area contributed by atoms with Gasteiger partial charge in [-0.05, 0) is 70.6 Å². The second-order valence-corrected chi connectivity index (χ2v) is 9.29. The molecule has 0 aliphatic heterocycles. The zero-order valence-corrected chi connectivity index (χ0v) is 15.8. The largest absolute Gasteiger partial charge is 0.458 e. The van der Waals surface area contributed by atoms with E-state index in [0.717, 1.165) is 19.3 Å². The number of hydrogen-bond acceptors (Lipinski definition) is 5. The van der Waals surface area contributed by atoms with Gasteiger partial charge in [-0.25, -0.2) is 9.59 Å². The third-order valence-electron chi connectivity index (χ3n) is 5.65. The molecule has 0 saturated heterocycles. The summed E-state index contributed by atoms with van der Waals surface area (Å²) in [5.41, 5.74) is -0.988. The minimum absolute atomic E-state index is 0.0196. The number of ether oxygens (including phenoxy) is 3. The molecule has 0 aromatic heterocycles. The molecule has 2 atom stereocenters. The summed E-state index contributed by atoms with van der Waals surface area (Å²) in [6.45, 7) is 5.87. The van der Waals surface area contributed by atoms with Crippen molar-refractivity contribution in [1.29, 1.82) is 0 Å². The molecule has 0 radical (unpaired) electrons. The summed E-state index contributed by atoms with van der Waals surface area (Å²) >= 11 is 0. The Balaban J connectivity index is 1.62. The zero-order valence-electron chi connectivity index (χ0n) is 15.8. The van der Waals surface area contributed by atoms with Gasteiger partial charge in [-0.3, -0.25) is 0 Å². The highest BCUT2D eigenvalue weighted by atomic mass is 19.3. The van der Waals surface area contributed by atoms with Crippen molar-refractivity contribution >= 4 is 11.9 Å². The molecular formula is C19H28F2O5. The van der Waals surface area contributed by atoms with Crippen molar-refractivity contribution < 1.29 is 32.6 Å². The minimum atomic E-state index is -3.47. The van der Waals surface area contributed by atoms with Crippen LogP contribution in [0, 0.1) is 17.8 Å². The summed E-state index contributed by atoms with van der Waals surface area (Å²) in [6.07, 6.45) is 3.39. The summed E-state index contributed by atoms with van der Waals surface area (Å²) < 4.78 is 42.9. The topological polar surface area (TPSA) is 61.8 Å². The van der Waals surface area contributed by atoms with E-state index in [9.17, 15) is 18.4 Å². The quantitative estimate of drug-likeness (QED) is 0.690. The molecule has 4 bridgehead atoms. The molecule has 7 heteroatoms. The molecule has 4 saturated carbocycles. The van der Waals surface area contributed by atoms with Gasteiger partial charge in [0.15, 0.2) is 0 Å². The lowest BCUT2D eigenvalue weighted by molar-refractivity contribution is -0.226. The molecule has 4 aliphatic rings. The van der Waals surface area contributed by atoms with Crippen LogP contribution in [0.3, 0.4) is 0 Å². The van der Waals surface area contributed by atoms with Crippen LogP contribution in [0.1, 0.15) is 59.8 Å². The van der Waals surface area contributed by atoms with Crippen molar-refractivity contribution in [1.82, 2.24) is 0 Å². The lowest BCUT2D eigenvalue weighted by atomic mass is 9.53. The van der Waals surface area contributed by atoms with Crippen molar-refractivity contribution in [3.05, 3.63) is 0 Å². The van der Waals surface area contributed by atoms with Gasteiger partial charge >= 0.3 is 17.9 Å². The summed E-state index contributed by atoms with van der Waals surface area (Å²) in [6, 6.07) is 0. The number of esters is 2. The van der Waals surface area contributed by atoms with E-state index in [0.29, 0.717) is 25.7 Å². The number of rotatable bonds is 5. The Morgan fingerprint density at radius 1 is 1.04 bits per heavy atom. The predicted molar refractivity (Wildman–Crippen MR) is 88.6 cm³/mol. The van der Waals surface area contributed by atoms with Crippen LogP contribution in [0.25, 0.3) is 0 Å². The highest BCUT2D eigenvalue weighted by molar-refractivity contribution is 5.77. The number of halogens is 2. The summed E-state index contributed by atoms with van der Waals surface area (Å²) in [7, 11) is 0. The van der Waals surface area contributed by atoms with E-state index >= 15 is 0 Å². The number of hydrogen-bond donors (Lipinski definition) is 0. The van der Waals surface area contributed by atoms with Crippen LogP contribution in [-0.4, -0.2) is 41.8 Å². The molecule has 2 unspecified atom stereocenters. The van der Waals surface area contributed by atoms with E-state index in [4.69, 9.17) is 14.2 Å². The molecule has 4 rings (SSSR count). The third-order valence-corrected chi connectivity index (χ3v) is 5.65. The van der Waals surface area contributed by atoms with E-state index in [1.165, 1.54) is 0 Å². The van der Waals surface area contributed by atoms with Gasteiger partial charge in [-0.15, -0.1) is 0 Å². The van der Waals surface area contributed by atoms with Crippen LogP contribution < -0.4 is 0 Å². The Morgan fingerprint density at radius 3 is 2.12 bits per heavy atom. The number of alkyl halides is 2. The molecule has 148 valence electrons. The van der Waals surface area contributed by atoms with Crippen LogP contribution in [-0.2, 0) is 23.8 Å². The van der Waals surface area contributed by atoms with Crippen LogP contribution in [0.15, 0.2) is 0 Å². The summed E-state index contributed by atoms with van der Waals surface area (Å²) in [5, 5.41) is 0. The van der Waals surface area contributed by atoms with Gasteiger partial charge in [0.05, 0.1) is 5.60 Å². The van der Waals surface area contributed by atoms with Gasteiger partial charge in [0.1, 0.15) is 18.3 Å². The average Bonchev–Trinajstić information content (AvgIpc) is 2.45. The van der Waals surface area contributed by atoms with E-state index in [1.807, 2.05) is 0 Å². The first-order valence-corrected chi connectivity index (χ1v) is 9.32. The van der Waals surface area contributed by atoms with Gasteiger partial charge < -0.3 is 14.2 Å². The van der Waals surface area contributed by atoms with E-state index in [1.54, 1.807) is 20.8 Å². The fourth-order valence-corrected chi connectivity index (χ4v) is 5.08. The van der Waals surface area contributed by atoms with Gasteiger partial charge in [0.25, 0.3) is 0 Å². The molecule has 4 aliphatic carbocycles. The van der Waals surface area contributed by atoms with Gasteiger partial charge in [0, 0.05) is 6.92 Å². The smallest absolute Gasteiger partial charge is 0.376 e. The van der Waals surface area contributed by atoms with Crippen molar-refractivity contribution in [2.75, 3.05) is 6.61 Å². The van der Waals surface area contributed by atoms with Crippen LogP contribution >= 0.6 is 0 Å². The van der Waals surface area contributed by atoms with Crippen molar-refractivity contribution in [2.45, 2.75) is 83.0 Å². The second kappa shape index (κ2) is 6.43. The van der Waals surface area contributed by atoms with E-state index in [-0.39, 0.29) is 18.4 Å². The molecule has 0 aromatic carbocycles. The Kier molecular flexibility index (Phi) is 4.83. The minimum Gasteiger partial charge on any atom is -0.458 e. The van der Waals surface area contributed by atoms with E-state index < -0.39 is 35.2 Å². The number of carbonyl (C=O) groups is 2. The molecule has 0 spiro atoms. The molecule has 0 aromatic rings. The van der Waals surface area contributed by atoms with Crippen molar-refractivity contribution in [2.24, 2.45) is 17.8 Å². The molecule has 0 heterocycles. The monoisotopic (exact) mass is 374 g/mol. The Morgan fingerprint density at radius 2 is 1.62 bits per heavy atom. The Hall–Kier alpha value is -1.24. The SMILES string of the molecule is CC(C)(C)OC(=O)COC12CC3CC(C1)C(OC(=O)C(C)(F)F)C(C3)C2. The first kappa shape index (κ1) is 19.5. The maximum Gasteiger partial charge on any atom is 0.376 e. The fraction of sp³-hybridized carbons (Fsp3) is 0.895. The molecule has 26 heavy (non-hydrogen) atoms. The van der Waals surface area contributed by atoms with Gasteiger partial charge in [-0.2, -0.15) is 8.78 Å². The third kappa shape index (κ3) is 4.18. The van der Waals surface area contributed by atoms with Crippen molar-refractivity contribution in [3.8, 4) is 0 Å². The summed E-state index contributed by atoms with van der Waals surface area (Å²) in [4.78, 5) is 23.6. The molecule has 0 N–H and O–H groups in total. The van der Waals surface area contributed by atoms with E-state index in [2.05, 4.69) is 0 Å². The van der Waals surface area contributed by atoms with Crippen LogP contribution in [0.2, 0.25) is 0 Å². The standard InChI is InChI=1S/C19H28F2O5/c1-17(2,3)26-14(22)10-24-19-7-11-5-12(8-19)15(13(6-11)9-19)25-16(23)18(4,20)21/h11-13,15H,5-10H2,1-4H3. The molecule has 4 fully saturated rings. The maximum atomic E-state index is 13.2. The molecule has 5 nitrogen and oxygen atoms in total. The average molecular weight is 374 g/mol. The summed E-state index contributed by atoms with van der Waals surface area (Å²) in [5.74, 6) is -4.85. The highest BCUT2D eigenvalue weighted by Crippen LogP contribution is 2.58. The van der Waals surface area contributed by atoms with Crippen molar-refractivity contribution in [3.63, 3.8) is 0 Å². The number of carbonyl (C=O) groups excluding carboxylic acids is 2. The normalized spacial score (nSPS) is 36.1. The lowest BCUT2D eigenvalue weighted by Gasteiger charge is -2.58. The zero-order chi connectivity index (χ0) is 19.3. The maximum absolute atomic E-state index is 13.2. The lowest BCUT2D eigenvalue weighted by Crippen LogP contribution is -2.59. The molecular weight excluding hydrogens is 346 g/mol. The second-order valence-electron chi connectivity index (χ2n) is 9.29. The first-order chi connectivity index (χ1) is 11.9. The Labute approximate surface area is 152 Å².